The van der Waals surface area contributed by atoms with Crippen LogP contribution in [0.2, 0.25) is 0 Å². The summed E-state index contributed by atoms with van der Waals surface area (Å²) in [5.41, 5.74) is 0. The van der Waals surface area contributed by atoms with Crippen LogP contribution in [-0.2, 0) is 80.1 Å². The average Bonchev–Trinajstić information content (AvgIpc) is 0.780. The van der Waals surface area contributed by atoms with Gasteiger partial charge in [0.05, 0.1) is 51.1 Å². The number of esters is 4. The van der Waals surface area contributed by atoms with Crippen molar-refractivity contribution in [2.24, 2.45) is 0 Å². The van der Waals surface area contributed by atoms with E-state index in [4.69, 9.17) is 42.2 Å². The molecule has 26 nitrogen and oxygen atoms in total. The topological polar surface area (TPSA) is 385 Å². The fourth-order valence-corrected chi connectivity index (χ4v) is 18.1. The normalized spacial score (nSPS) is 20.6. The maximum atomic E-state index is 14.9. The smallest absolute Gasteiger partial charge is 0.462 e. The van der Waals surface area contributed by atoms with E-state index in [1.165, 1.54) is 103 Å². The fraction of sp³-hybridized carbons (Fsp3) is 0.938. The SMILES string of the molecule is CCCCCCCCCCCCCCCC(=O)OC(CCCCCCCCCCC)CC(=O)NC1C(OP(C)(=O)O)OC(CO[C@@H]2OC(CO)[C@@H](OP(=O)(O)O)[C@H](OC(=O)CC(CCCCCCCCCCC)OC(=O)CCCCCCCCCCC)C2NC(=O)CC(O)CCCCCCCCCCC)[C@@H](O)[C@@H]1OC(=O)CC(O)CCCCCCCCCCC. The van der Waals surface area contributed by atoms with Gasteiger partial charge in [0.15, 0.2) is 24.8 Å². The molecule has 2 saturated heterocycles. The summed E-state index contributed by atoms with van der Waals surface area (Å²) < 4.78 is 81.4. The molecule has 2 rings (SSSR count). The van der Waals surface area contributed by atoms with Crippen molar-refractivity contribution < 1.29 is 115 Å². The lowest BCUT2D eigenvalue weighted by Crippen LogP contribution is -2.68. The Morgan fingerprint density at radius 3 is 0.992 bits per heavy atom. The Hall–Kier alpha value is -3.20. The van der Waals surface area contributed by atoms with Crippen molar-refractivity contribution in [3.63, 3.8) is 0 Å². The monoisotopic (exact) mass is 1820 g/mol. The Balaban J connectivity index is 2.77. The van der Waals surface area contributed by atoms with Crippen LogP contribution in [0.1, 0.15) is 478 Å². The molecule has 0 saturated carbocycles. The molecule has 28 heteroatoms. The van der Waals surface area contributed by atoms with Crippen molar-refractivity contribution in [3.8, 4) is 0 Å². The number of hydrogen-bond donors (Lipinski definition) is 9. The minimum Gasteiger partial charge on any atom is -0.462 e. The highest BCUT2D eigenvalue weighted by Gasteiger charge is 2.55. The molecule has 2 fully saturated rings. The molecule has 0 bridgehead atoms. The first-order valence-corrected chi connectivity index (χ1v) is 54.5. The standard InChI is InChI=1S/C97H184N2O24P2/c1-8-14-20-26-32-38-39-40-41-47-53-59-64-70-86(105)116-80(68-62-56-50-44-35-29-23-17-11-4)74-85(104)99-90-94(120-88(107)73-79(102)67-61-55-49-43-34-28-22-16-10-3)92(109)83(119-97(90)123-124(7,110)111)77-115-96-91(98-84(103)72-78(101)66-60-54-48-42-33-27-21-15-9-2)95(93(82(76-100)118-96)122-125(112,113)114)121-89(108)75-81(69-63-57-51-45-36-30-24-18-12-5)117-87(106)71-65-58-52-46-37-31-25-19-13-6/h78-83,90-97,100-102,109H,8-77H2,1-7H3,(H,98,103)(H,99,104)(H,110,111)(H2,112,113,114)/t78?,79?,80?,81?,82?,83?,90?,91?,92-,93-,94-,95-,96-,97?/m1/s1. The van der Waals surface area contributed by atoms with E-state index in [0.717, 1.165) is 238 Å². The van der Waals surface area contributed by atoms with Gasteiger partial charge in [-0.25, -0.2) is 4.57 Å². The zero-order valence-corrected chi connectivity index (χ0v) is 81.3. The minimum absolute atomic E-state index is 0.0940. The van der Waals surface area contributed by atoms with Crippen LogP contribution in [0.5, 0.6) is 0 Å². The molecule has 0 aromatic carbocycles. The van der Waals surface area contributed by atoms with E-state index in [9.17, 15) is 73.0 Å². The molecule has 15 atom stereocenters. The molecule has 0 aromatic rings. The molecule has 2 heterocycles. The predicted octanol–water partition coefficient (Wildman–Crippen LogP) is 22.1. The van der Waals surface area contributed by atoms with Crippen molar-refractivity contribution in [1.29, 1.82) is 0 Å². The molecule has 736 valence electrons. The lowest BCUT2D eigenvalue weighted by atomic mass is 9.95. The van der Waals surface area contributed by atoms with Crippen molar-refractivity contribution in [3.05, 3.63) is 0 Å². The third-order valence-corrected chi connectivity index (χ3v) is 25.5. The molecule has 9 N–H and O–H groups in total. The number of hydrogen-bond acceptors (Lipinski definition) is 21. The molecule has 0 aromatic heterocycles. The summed E-state index contributed by atoms with van der Waals surface area (Å²) in [7, 11) is -10.3. The first-order chi connectivity index (χ1) is 60.3. The molecule has 10 unspecified atom stereocenters. The van der Waals surface area contributed by atoms with E-state index in [1.807, 2.05) is 0 Å². The van der Waals surface area contributed by atoms with E-state index in [0.29, 0.717) is 44.9 Å². The van der Waals surface area contributed by atoms with E-state index >= 15 is 0 Å². The highest BCUT2D eigenvalue weighted by Crippen LogP contribution is 2.44. The second kappa shape index (κ2) is 77.3. The number of carbonyl (C=O) groups is 6. The van der Waals surface area contributed by atoms with Crippen molar-refractivity contribution in [1.82, 2.24) is 10.6 Å². The quantitative estimate of drug-likeness (QED) is 0.0118. The van der Waals surface area contributed by atoms with Crippen LogP contribution >= 0.6 is 15.4 Å². The molecular weight excluding hydrogens is 1640 g/mol. The molecule has 0 spiro atoms. The summed E-state index contributed by atoms with van der Waals surface area (Å²) in [6.45, 7) is 11.9. The lowest BCUT2D eigenvalue weighted by molar-refractivity contribution is -0.296. The Morgan fingerprint density at radius 1 is 0.344 bits per heavy atom. The van der Waals surface area contributed by atoms with Gasteiger partial charge in [-0.1, -0.05) is 388 Å². The molecule has 125 heavy (non-hydrogen) atoms. The lowest BCUT2D eigenvalue weighted by Gasteiger charge is -2.47. The van der Waals surface area contributed by atoms with Gasteiger partial charge in [0.1, 0.15) is 48.7 Å². The highest BCUT2D eigenvalue weighted by atomic mass is 31.2. The number of unbranched alkanes of at least 4 members (excludes halogenated alkanes) is 52. The van der Waals surface area contributed by atoms with E-state index < -0.39 is 176 Å². The van der Waals surface area contributed by atoms with Gasteiger partial charge >= 0.3 is 39.3 Å². The highest BCUT2D eigenvalue weighted by molar-refractivity contribution is 7.51. The number of aliphatic hydroxyl groups excluding tert-OH is 4. The number of ether oxygens (including phenoxy) is 7. The maximum absolute atomic E-state index is 14.9. The van der Waals surface area contributed by atoms with Crippen LogP contribution in [-0.4, -0.2) is 176 Å². The summed E-state index contributed by atoms with van der Waals surface area (Å²) in [6.07, 6.45) is 38.8. The first kappa shape index (κ1) is 118. The van der Waals surface area contributed by atoms with Gasteiger partial charge in [-0.3, -0.25) is 42.4 Å². The van der Waals surface area contributed by atoms with Crippen LogP contribution in [0.25, 0.3) is 0 Å². The Bertz CT molecular complexity index is 2750. The number of phosphoric acid groups is 1. The van der Waals surface area contributed by atoms with Crippen LogP contribution in [0, 0.1) is 0 Å². The van der Waals surface area contributed by atoms with Crippen LogP contribution in [0.3, 0.4) is 0 Å². The molecule has 2 aliphatic heterocycles. The molecule has 0 aliphatic carbocycles. The zero-order valence-electron chi connectivity index (χ0n) is 79.5. The van der Waals surface area contributed by atoms with Crippen LogP contribution in [0.4, 0.5) is 0 Å². The zero-order chi connectivity index (χ0) is 91.8. The van der Waals surface area contributed by atoms with Gasteiger partial charge < -0.3 is 78.9 Å². The average molecular weight is 1820 g/mol. The van der Waals surface area contributed by atoms with Gasteiger partial charge in [0.2, 0.25) is 11.8 Å². The van der Waals surface area contributed by atoms with Crippen molar-refractivity contribution >= 4 is 51.1 Å². The number of rotatable bonds is 86. The van der Waals surface area contributed by atoms with Gasteiger partial charge in [-0.2, -0.15) is 0 Å². The van der Waals surface area contributed by atoms with Gasteiger partial charge in [0, 0.05) is 19.5 Å². The third-order valence-electron chi connectivity index (χ3n) is 24.4. The predicted molar refractivity (Wildman–Crippen MR) is 494 cm³/mol. The second-order valence-corrected chi connectivity index (χ2v) is 39.6. The number of nitrogens with one attached hydrogen (secondary N) is 2. The number of amides is 2. The summed E-state index contributed by atoms with van der Waals surface area (Å²) in [6, 6.07) is -3.66. The molecule has 0 radical (unpaired) electrons. The summed E-state index contributed by atoms with van der Waals surface area (Å²) in [5.74, 6) is -4.78. The van der Waals surface area contributed by atoms with E-state index in [2.05, 4.69) is 52.2 Å². The van der Waals surface area contributed by atoms with Crippen molar-refractivity contribution in [2.45, 2.75) is 564 Å². The minimum atomic E-state index is -5.64. The maximum Gasteiger partial charge on any atom is 0.470 e. The van der Waals surface area contributed by atoms with Crippen LogP contribution in [0.15, 0.2) is 0 Å². The van der Waals surface area contributed by atoms with Crippen LogP contribution < -0.4 is 10.6 Å². The number of phosphoric ester groups is 1. The Morgan fingerprint density at radius 2 is 0.640 bits per heavy atom. The first-order valence-electron chi connectivity index (χ1n) is 51.0. The fourth-order valence-electron chi connectivity index (χ4n) is 17.0. The third kappa shape index (κ3) is 63.5. The largest absolute Gasteiger partial charge is 0.470 e. The van der Waals surface area contributed by atoms with Gasteiger partial charge in [-0.15, -0.1) is 0 Å². The summed E-state index contributed by atoms with van der Waals surface area (Å²) in [5, 5.41) is 52.2. The van der Waals surface area contributed by atoms with Gasteiger partial charge in [-0.05, 0) is 51.4 Å². The van der Waals surface area contributed by atoms with Gasteiger partial charge in [0.25, 0.3) is 0 Å². The Labute approximate surface area is 756 Å². The molecule has 2 amide bonds. The van der Waals surface area contributed by atoms with Crippen molar-refractivity contribution in [2.75, 3.05) is 19.9 Å². The number of aliphatic hydroxyl groups is 4. The molecular formula is C97H184N2O24P2. The summed E-state index contributed by atoms with van der Waals surface area (Å²) in [4.78, 5) is 118. The number of carbonyl (C=O) groups excluding carboxylic acids is 6. The van der Waals surface area contributed by atoms with E-state index in [1.54, 1.807) is 0 Å². The summed E-state index contributed by atoms with van der Waals surface area (Å²) >= 11 is 0. The Kier molecular flexibility index (Phi) is 72.9. The van der Waals surface area contributed by atoms with E-state index in [-0.39, 0.29) is 32.1 Å². The molecule has 2 aliphatic rings. The second-order valence-electron chi connectivity index (χ2n) is 36.5.